The first-order valence-electron chi connectivity index (χ1n) is 13.9. The molecular formula is C29H40N2O6S2. The maximum atomic E-state index is 13.7. The number of hydrogen-bond donors (Lipinski definition) is 1. The summed E-state index contributed by atoms with van der Waals surface area (Å²) in [5, 5.41) is 10.4. The fourth-order valence-corrected chi connectivity index (χ4v) is 9.48. The first-order chi connectivity index (χ1) is 18.6. The quantitative estimate of drug-likeness (QED) is 0.416. The zero-order chi connectivity index (χ0) is 27.9. The van der Waals surface area contributed by atoms with Crippen molar-refractivity contribution in [1.82, 2.24) is 9.21 Å². The highest BCUT2D eigenvalue weighted by atomic mass is 32.2. The van der Waals surface area contributed by atoms with Crippen molar-refractivity contribution < 1.29 is 26.7 Å². The van der Waals surface area contributed by atoms with Crippen LogP contribution in [0.1, 0.15) is 54.4 Å². The molecule has 2 aromatic rings. The van der Waals surface area contributed by atoms with E-state index < -0.39 is 31.2 Å². The number of carbonyl (C=O) groups excluding carboxylic acids is 1. The van der Waals surface area contributed by atoms with Crippen LogP contribution in [-0.4, -0.2) is 86.1 Å². The summed E-state index contributed by atoms with van der Waals surface area (Å²) in [7, 11) is -7.02. The van der Waals surface area contributed by atoms with Crippen molar-refractivity contribution in [2.75, 3.05) is 37.7 Å². The summed E-state index contributed by atoms with van der Waals surface area (Å²) in [6.07, 6.45) is 3.68. The number of amides is 1. The first-order valence-corrected chi connectivity index (χ1v) is 17.2. The zero-order valence-electron chi connectivity index (χ0n) is 22.4. The van der Waals surface area contributed by atoms with Crippen LogP contribution in [0.2, 0.25) is 0 Å². The van der Waals surface area contributed by atoms with E-state index in [0.29, 0.717) is 25.1 Å². The second-order valence-corrected chi connectivity index (χ2v) is 15.4. The predicted octanol–water partition coefficient (Wildman–Crippen LogP) is 3.13. The highest BCUT2D eigenvalue weighted by Crippen LogP contribution is 2.29. The summed E-state index contributed by atoms with van der Waals surface area (Å²) in [5.41, 5.74) is 1.58. The fourth-order valence-electron chi connectivity index (χ4n) is 5.64. The Morgan fingerprint density at radius 2 is 1.49 bits per heavy atom. The van der Waals surface area contributed by atoms with Gasteiger partial charge in [-0.3, -0.25) is 4.79 Å². The largest absolute Gasteiger partial charge is 0.390 e. The molecule has 0 bridgehead atoms. The van der Waals surface area contributed by atoms with Gasteiger partial charge < -0.3 is 10.0 Å². The number of rotatable bonds is 12. The van der Waals surface area contributed by atoms with Gasteiger partial charge in [-0.15, -0.1) is 0 Å². The van der Waals surface area contributed by atoms with Crippen LogP contribution in [0.25, 0.3) is 0 Å². The van der Waals surface area contributed by atoms with Crippen molar-refractivity contribution >= 4 is 25.8 Å². The Bertz CT molecular complexity index is 1270. The third kappa shape index (κ3) is 8.36. The molecule has 0 spiro atoms. The Kier molecular flexibility index (Phi) is 10.2. The maximum absolute atomic E-state index is 13.7. The summed E-state index contributed by atoms with van der Waals surface area (Å²) < 4.78 is 52.7. The van der Waals surface area contributed by atoms with Crippen LogP contribution in [0, 0.1) is 5.92 Å². The summed E-state index contributed by atoms with van der Waals surface area (Å²) in [5.74, 6) is -0.252. The van der Waals surface area contributed by atoms with E-state index >= 15 is 0 Å². The SMILES string of the molecule is O=C(c1ccccc1)N(CCc1ccccc1)C[C@H](O)CN(CC1CCCC1)S(=O)(=O)C1CCS(=O)(=O)CC1. The van der Waals surface area contributed by atoms with Crippen molar-refractivity contribution in [3.63, 3.8) is 0 Å². The van der Waals surface area contributed by atoms with E-state index in [-0.39, 0.29) is 49.3 Å². The van der Waals surface area contributed by atoms with Gasteiger partial charge in [0.25, 0.3) is 5.91 Å². The van der Waals surface area contributed by atoms with Crippen molar-refractivity contribution in [3.8, 4) is 0 Å². The number of carbonyl (C=O) groups is 1. The number of sulfone groups is 1. The molecule has 8 nitrogen and oxygen atoms in total. The standard InChI is InChI=1S/C29H40N2O6S2/c32-27(22-30(18-15-24-9-3-1-4-10-24)29(33)26-13-5-2-6-14-26)23-31(21-25-11-7-8-12-25)39(36,37)28-16-19-38(34,35)20-17-28/h1-6,9-10,13-14,25,27-28,32H,7-8,11-12,15-23H2/t27-/m0/s1. The summed E-state index contributed by atoms with van der Waals surface area (Å²) in [6.45, 7) is 0.576. The van der Waals surface area contributed by atoms with Crippen LogP contribution in [0.15, 0.2) is 60.7 Å². The fraction of sp³-hybridized carbons (Fsp3) is 0.552. The molecule has 0 aromatic heterocycles. The lowest BCUT2D eigenvalue weighted by atomic mass is 10.1. The van der Waals surface area contributed by atoms with E-state index in [4.69, 9.17) is 0 Å². The molecule has 1 heterocycles. The smallest absolute Gasteiger partial charge is 0.253 e. The minimum absolute atomic E-state index is 0.00368. The third-order valence-corrected chi connectivity index (χ3v) is 11.9. The van der Waals surface area contributed by atoms with Crippen LogP contribution in [0.3, 0.4) is 0 Å². The van der Waals surface area contributed by atoms with Crippen molar-refractivity contribution in [2.24, 2.45) is 5.92 Å². The van der Waals surface area contributed by atoms with Gasteiger partial charge in [0.2, 0.25) is 10.0 Å². The summed E-state index contributed by atoms with van der Waals surface area (Å²) in [4.78, 5) is 15.0. The molecule has 0 unspecified atom stereocenters. The van der Waals surface area contributed by atoms with Crippen LogP contribution >= 0.6 is 0 Å². The zero-order valence-corrected chi connectivity index (χ0v) is 24.0. The van der Waals surface area contributed by atoms with E-state index in [1.807, 2.05) is 36.4 Å². The molecule has 214 valence electrons. The molecule has 2 fully saturated rings. The molecule has 1 N–H and O–H groups in total. The minimum Gasteiger partial charge on any atom is -0.390 e. The Labute approximate surface area is 233 Å². The Balaban J connectivity index is 1.49. The summed E-state index contributed by atoms with van der Waals surface area (Å²) in [6, 6.07) is 18.7. The highest BCUT2D eigenvalue weighted by molar-refractivity contribution is 7.92. The lowest BCUT2D eigenvalue weighted by Gasteiger charge is -2.33. The van der Waals surface area contributed by atoms with E-state index in [9.17, 15) is 26.7 Å². The minimum atomic E-state index is -3.81. The van der Waals surface area contributed by atoms with Gasteiger partial charge in [0.1, 0.15) is 9.84 Å². The van der Waals surface area contributed by atoms with E-state index in [2.05, 4.69) is 0 Å². The number of sulfonamides is 1. The summed E-state index contributed by atoms with van der Waals surface area (Å²) >= 11 is 0. The third-order valence-electron chi connectivity index (χ3n) is 7.89. The van der Waals surface area contributed by atoms with Gasteiger partial charge >= 0.3 is 0 Å². The Morgan fingerprint density at radius 1 is 0.897 bits per heavy atom. The molecule has 1 saturated heterocycles. The molecule has 39 heavy (non-hydrogen) atoms. The molecule has 10 heteroatoms. The molecule has 1 saturated carbocycles. The van der Waals surface area contributed by atoms with Gasteiger partial charge in [-0.05, 0) is 55.7 Å². The molecular weight excluding hydrogens is 536 g/mol. The average molecular weight is 577 g/mol. The molecule has 1 atom stereocenters. The number of nitrogens with zero attached hydrogens (tertiary/aromatic N) is 2. The average Bonchev–Trinajstić information content (AvgIpc) is 3.44. The van der Waals surface area contributed by atoms with Gasteiger partial charge in [-0.1, -0.05) is 61.4 Å². The van der Waals surface area contributed by atoms with Crippen LogP contribution in [0.5, 0.6) is 0 Å². The molecule has 0 radical (unpaired) electrons. The normalized spacial score (nSPS) is 19.2. The highest BCUT2D eigenvalue weighted by Gasteiger charge is 2.38. The van der Waals surface area contributed by atoms with Gasteiger partial charge in [0, 0.05) is 31.7 Å². The topological polar surface area (TPSA) is 112 Å². The van der Waals surface area contributed by atoms with Crippen molar-refractivity contribution in [1.29, 1.82) is 0 Å². The monoisotopic (exact) mass is 576 g/mol. The maximum Gasteiger partial charge on any atom is 0.253 e. The lowest BCUT2D eigenvalue weighted by molar-refractivity contribution is 0.0584. The number of aliphatic hydroxyl groups excluding tert-OH is 1. The van der Waals surface area contributed by atoms with Gasteiger partial charge in [-0.25, -0.2) is 16.8 Å². The van der Waals surface area contributed by atoms with Crippen LogP contribution < -0.4 is 0 Å². The van der Waals surface area contributed by atoms with E-state index in [1.165, 1.54) is 4.31 Å². The molecule has 1 amide bonds. The molecule has 2 aliphatic rings. The molecule has 4 rings (SSSR count). The van der Waals surface area contributed by atoms with Crippen molar-refractivity contribution in [3.05, 3.63) is 71.8 Å². The van der Waals surface area contributed by atoms with E-state index in [1.54, 1.807) is 29.2 Å². The molecule has 2 aromatic carbocycles. The number of hydrogen-bond acceptors (Lipinski definition) is 6. The van der Waals surface area contributed by atoms with Crippen molar-refractivity contribution in [2.45, 2.75) is 56.3 Å². The second-order valence-electron chi connectivity index (χ2n) is 10.9. The van der Waals surface area contributed by atoms with Gasteiger partial charge in [0.05, 0.1) is 22.9 Å². The lowest BCUT2D eigenvalue weighted by Crippen LogP contribution is -2.49. The van der Waals surface area contributed by atoms with Gasteiger partial charge in [0.15, 0.2) is 0 Å². The Hall–Kier alpha value is -2.27. The number of aliphatic hydroxyl groups is 1. The predicted molar refractivity (Wildman–Crippen MR) is 153 cm³/mol. The molecule has 1 aliphatic heterocycles. The van der Waals surface area contributed by atoms with Crippen LogP contribution in [0.4, 0.5) is 0 Å². The van der Waals surface area contributed by atoms with Gasteiger partial charge in [-0.2, -0.15) is 4.31 Å². The second kappa shape index (κ2) is 13.4. The first kappa shape index (κ1) is 29.7. The Morgan fingerprint density at radius 3 is 2.10 bits per heavy atom. The molecule has 1 aliphatic carbocycles. The van der Waals surface area contributed by atoms with Crippen LogP contribution in [-0.2, 0) is 26.3 Å². The van der Waals surface area contributed by atoms with E-state index in [0.717, 1.165) is 31.2 Å². The number of benzene rings is 2.